The fraction of sp³-hybridized carbons (Fsp3) is 0.0769. The number of aromatic nitrogens is 2. The van der Waals surface area contributed by atoms with Gasteiger partial charge in [-0.1, -0.05) is 6.07 Å². The maximum atomic E-state index is 13.1. The van der Waals surface area contributed by atoms with Crippen LogP contribution in [-0.4, -0.2) is 9.97 Å². The van der Waals surface area contributed by atoms with Crippen molar-refractivity contribution in [2.24, 2.45) is 0 Å². The summed E-state index contributed by atoms with van der Waals surface area (Å²) >= 11 is 1.57. The number of hydrogen-bond acceptors (Lipinski definition) is 4. The zero-order chi connectivity index (χ0) is 12.5. The number of fused-ring (bicyclic) bond motifs is 1. The fourth-order valence-electron chi connectivity index (χ4n) is 1.68. The van der Waals surface area contributed by atoms with Crippen LogP contribution in [0.4, 0.5) is 4.39 Å². The average Bonchev–Trinajstić information content (AvgIpc) is 2.71. The van der Waals surface area contributed by atoms with Crippen molar-refractivity contribution in [2.75, 3.05) is 0 Å². The first-order valence-electron chi connectivity index (χ1n) is 5.37. The van der Waals surface area contributed by atoms with E-state index in [-0.39, 0.29) is 5.82 Å². The molecule has 0 aliphatic heterocycles. The van der Waals surface area contributed by atoms with Crippen molar-refractivity contribution in [1.29, 1.82) is 0 Å². The molecule has 1 aromatic carbocycles. The number of halogens is 1. The Kier molecular flexibility index (Phi) is 2.68. The smallest absolute Gasteiger partial charge is 0.231 e. The Balaban J connectivity index is 2.04. The molecule has 0 atom stereocenters. The standard InChI is InChI=1S/C13H9FN2OS/c1-8-5-11-12(15-7-16-13(11)18-8)17-10-4-2-3-9(14)6-10/h2-7H,1H3. The molecule has 2 heterocycles. The molecule has 0 N–H and O–H groups in total. The van der Waals surface area contributed by atoms with Gasteiger partial charge in [-0.3, -0.25) is 0 Å². The molecule has 0 aliphatic rings. The summed E-state index contributed by atoms with van der Waals surface area (Å²) in [4.78, 5) is 10.3. The van der Waals surface area contributed by atoms with E-state index in [9.17, 15) is 4.39 Å². The van der Waals surface area contributed by atoms with Crippen LogP contribution in [0.25, 0.3) is 10.2 Å². The highest BCUT2D eigenvalue weighted by Crippen LogP contribution is 2.31. The molecule has 0 unspecified atom stereocenters. The van der Waals surface area contributed by atoms with Gasteiger partial charge in [0.25, 0.3) is 0 Å². The lowest BCUT2D eigenvalue weighted by molar-refractivity contribution is 0.463. The zero-order valence-corrected chi connectivity index (χ0v) is 10.4. The van der Waals surface area contributed by atoms with Crippen LogP contribution in [0.5, 0.6) is 11.6 Å². The van der Waals surface area contributed by atoms with Crippen molar-refractivity contribution in [3.63, 3.8) is 0 Å². The van der Waals surface area contributed by atoms with Crippen molar-refractivity contribution in [2.45, 2.75) is 6.92 Å². The summed E-state index contributed by atoms with van der Waals surface area (Å²) in [5.74, 6) is 0.549. The van der Waals surface area contributed by atoms with E-state index < -0.39 is 0 Å². The van der Waals surface area contributed by atoms with Gasteiger partial charge in [-0.15, -0.1) is 11.3 Å². The third kappa shape index (κ3) is 2.04. The van der Waals surface area contributed by atoms with E-state index >= 15 is 0 Å². The molecule has 0 fully saturated rings. The number of nitrogens with zero attached hydrogens (tertiary/aromatic N) is 2. The fourth-order valence-corrected chi connectivity index (χ4v) is 2.52. The number of rotatable bonds is 2. The summed E-state index contributed by atoms with van der Waals surface area (Å²) in [6.45, 7) is 2.00. The molecular formula is C13H9FN2OS. The molecule has 0 saturated heterocycles. The van der Waals surface area contributed by atoms with Crippen LogP contribution < -0.4 is 4.74 Å². The lowest BCUT2D eigenvalue weighted by Crippen LogP contribution is -1.89. The number of hydrogen-bond donors (Lipinski definition) is 0. The number of thiophene rings is 1. The van der Waals surface area contributed by atoms with E-state index in [2.05, 4.69) is 9.97 Å². The summed E-state index contributed by atoms with van der Waals surface area (Å²) < 4.78 is 18.7. The molecule has 3 rings (SSSR count). The van der Waals surface area contributed by atoms with E-state index in [0.29, 0.717) is 11.6 Å². The highest BCUT2D eigenvalue weighted by Gasteiger charge is 2.09. The van der Waals surface area contributed by atoms with Crippen molar-refractivity contribution < 1.29 is 9.13 Å². The molecule has 3 nitrogen and oxygen atoms in total. The van der Waals surface area contributed by atoms with Gasteiger partial charge in [0, 0.05) is 10.9 Å². The van der Waals surface area contributed by atoms with Crippen LogP contribution >= 0.6 is 11.3 Å². The summed E-state index contributed by atoms with van der Waals surface area (Å²) in [5.41, 5.74) is 0. The molecule has 5 heteroatoms. The SMILES string of the molecule is Cc1cc2c(Oc3cccc(F)c3)ncnc2s1. The predicted octanol–water partition coefficient (Wildman–Crippen LogP) is 3.93. The van der Waals surface area contributed by atoms with Crippen LogP contribution in [0, 0.1) is 12.7 Å². The molecule has 2 aromatic heterocycles. The molecule has 0 spiro atoms. The molecule has 0 radical (unpaired) electrons. The summed E-state index contributed by atoms with van der Waals surface area (Å²) in [5, 5.41) is 0.851. The number of ether oxygens (including phenoxy) is 1. The highest BCUT2D eigenvalue weighted by molar-refractivity contribution is 7.18. The molecule has 0 aliphatic carbocycles. The second-order valence-electron chi connectivity index (χ2n) is 3.81. The van der Waals surface area contributed by atoms with Crippen LogP contribution in [0.1, 0.15) is 4.88 Å². The van der Waals surface area contributed by atoms with E-state index in [1.807, 2.05) is 13.0 Å². The van der Waals surface area contributed by atoms with Crippen molar-refractivity contribution >= 4 is 21.6 Å². The Hall–Kier alpha value is -2.01. The second kappa shape index (κ2) is 4.34. The lowest BCUT2D eigenvalue weighted by atomic mass is 10.3. The summed E-state index contributed by atoms with van der Waals surface area (Å²) in [6.07, 6.45) is 1.45. The maximum Gasteiger partial charge on any atom is 0.231 e. The Morgan fingerprint density at radius 2 is 2.11 bits per heavy atom. The van der Waals surface area contributed by atoms with Crippen molar-refractivity contribution in [3.05, 3.63) is 47.4 Å². The number of aryl methyl sites for hydroxylation is 1. The molecule has 18 heavy (non-hydrogen) atoms. The van der Waals surface area contributed by atoms with Crippen LogP contribution in [-0.2, 0) is 0 Å². The first-order chi connectivity index (χ1) is 8.72. The van der Waals surface area contributed by atoms with Gasteiger partial charge < -0.3 is 4.74 Å². The van der Waals surface area contributed by atoms with E-state index in [1.54, 1.807) is 23.5 Å². The molecule has 0 saturated carbocycles. The van der Waals surface area contributed by atoms with Gasteiger partial charge in [0.05, 0.1) is 5.39 Å². The topological polar surface area (TPSA) is 35.0 Å². The first-order valence-corrected chi connectivity index (χ1v) is 6.18. The average molecular weight is 260 g/mol. The Morgan fingerprint density at radius 1 is 1.22 bits per heavy atom. The molecule has 0 amide bonds. The molecule has 3 aromatic rings. The van der Waals surface area contributed by atoms with Crippen molar-refractivity contribution in [3.8, 4) is 11.6 Å². The largest absolute Gasteiger partial charge is 0.438 e. The minimum atomic E-state index is -0.334. The predicted molar refractivity (Wildman–Crippen MR) is 68.6 cm³/mol. The first kappa shape index (κ1) is 11.1. The summed E-state index contributed by atoms with van der Waals surface area (Å²) in [6, 6.07) is 7.96. The van der Waals surface area contributed by atoms with E-state index in [1.165, 1.54) is 18.5 Å². The van der Waals surface area contributed by atoms with Crippen LogP contribution in [0.3, 0.4) is 0 Å². The molecular weight excluding hydrogens is 251 g/mol. The monoisotopic (exact) mass is 260 g/mol. The lowest BCUT2D eigenvalue weighted by Gasteiger charge is -2.04. The van der Waals surface area contributed by atoms with Crippen LogP contribution in [0.15, 0.2) is 36.7 Å². The van der Waals surface area contributed by atoms with Crippen molar-refractivity contribution in [1.82, 2.24) is 9.97 Å². The van der Waals surface area contributed by atoms with Gasteiger partial charge in [-0.25, -0.2) is 14.4 Å². The Morgan fingerprint density at radius 3 is 2.94 bits per heavy atom. The third-order valence-corrected chi connectivity index (χ3v) is 3.39. The minimum Gasteiger partial charge on any atom is -0.438 e. The maximum absolute atomic E-state index is 13.1. The molecule has 0 bridgehead atoms. The van der Waals surface area contributed by atoms with E-state index in [4.69, 9.17) is 4.74 Å². The van der Waals surface area contributed by atoms with E-state index in [0.717, 1.165) is 15.1 Å². The normalized spacial score (nSPS) is 10.8. The number of benzene rings is 1. The summed E-state index contributed by atoms with van der Waals surface area (Å²) in [7, 11) is 0. The Bertz CT molecular complexity index is 711. The van der Waals surface area contributed by atoms with Gasteiger partial charge in [0.15, 0.2) is 0 Å². The Labute approximate surface area is 107 Å². The molecule has 90 valence electrons. The van der Waals surface area contributed by atoms with Gasteiger partial charge >= 0.3 is 0 Å². The third-order valence-electron chi connectivity index (χ3n) is 2.43. The van der Waals surface area contributed by atoms with Gasteiger partial charge in [0.1, 0.15) is 22.7 Å². The zero-order valence-electron chi connectivity index (χ0n) is 9.55. The minimum absolute atomic E-state index is 0.334. The van der Waals surface area contributed by atoms with Crippen LogP contribution in [0.2, 0.25) is 0 Å². The quantitative estimate of drug-likeness (QED) is 0.700. The van der Waals surface area contributed by atoms with Gasteiger partial charge in [-0.05, 0) is 25.1 Å². The van der Waals surface area contributed by atoms with Gasteiger partial charge in [0.2, 0.25) is 5.88 Å². The second-order valence-corrected chi connectivity index (χ2v) is 5.05. The van der Waals surface area contributed by atoms with Gasteiger partial charge in [-0.2, -0.15) is 0 Å². The highest BCUT2D eigenvalue weighted by atomic mass is 32.1.